The molecule has 1 aliphatic heterocycles. The summed E-state index contributed by atoms with van der Waals surface area (Å²) in [7, 11) is 0. The van der Waals surface area contributed by atoms with Crippen LogP contribution in [0.1, 0.15) is 5.56 Å². The largest absolute Gasteiger partial charge is 0.361 e. The standard InChI is InChI=1S/C10H9NO/c12-7-8-5-9-3-1-2-4-10(9)11-6-8/h1-4,6-7,11H,5H2. The smallest absolute Gasteiger partial charge is 0.147 e. The minimum absolute atomic E-state index is 0.743. The summed E-state index contributed by atoms with van der Waals surface area (Å²) in [5.74, 6) is 0. The molecule has 1 aromatic rings. The highest BCUT2D eigenvalue weighted by Crippen LogP contribution is 2.21. The van der Waals surface area contributed by atoms with Gasteiger partial charge in [0.05, 0.1) is 0 Å². The number of hydrogen-bond acceptors (Lipinski definition) is 2. The van der Waals surface area contributed by atoms with Gasteiger partial charge in [-0.15, -0.1) is 0 Å². The van der Waals surface area contributed by atoms with E-state index in [1.54, 1.807) is 6.20 Å². The van der Waals surface area contributed by atoms with Crippen LogP contribution < -0.4 is 5.32 Å². The zero-order valence-electron chi connectivity index (χ0n) is 6.58. The van der Waals surface area contributed by atoms with Gasteiger partial charge in [0.1, 0.15) is 6.29 Å². The van der Waals surface area contributed by atoms with Gasteiger partial charge in [-0.2, -0.15) is 0 Å². The maximum Gasteiger partial charge on any atom is 0.147 e. The van der Waals surface area contributed by atoms with E-state index in [1.165, 1.54) is 5.56 Å². The van der Waals surface area contributed by atoms with E-state index in [2.05, 4.69) is 5.32 Å². The molecule has 2 heteroatoms. The Bertz CT molecular complexity index is 341. The summed E-state index contributed by atoms with van der Waals surface area (Å²) in [5, 5.41) is 3.07. The van der Waals surface area contributed by atoms with E-state index in [1.807, 2.05) is 24.3 Å². The van der Waals surface area contributed by atoms with Crippen molar-refractivity contribution in [2.24, 2.45) is 0 Å². The highest BCUT2D eigenvalue weighted by molar-refractivity contribution is 5.78. The van der Waals surface area contributed by atoms with Crippen molar-refractivity contribution in [3.63, 3.8) is 0 Å². The topological polar surface area (TPSA) is 29.1 Å². The van der Waals surface area contributed by atoms with Gasteiger partial charge in [0.2, 0.25) is 0 Å². The lowest BCUT2D eigenvalue weighted by Gasteiger charge is -2.14. The van der Waals surface area contributed by atoms with Crippen LogP contribution in [0.25, 0.3) is 0 Å². The van der Waals surface area contributed by atoms with Gasteiger partial charge in [0.15, 0.2) is 0 Å². The minimum Gasteiger partial charge on any atom is -0.361 e. The number of aldehydes is 1. The van der Waals surface area contributed by atoms with E-state index in [-0.39, 0.29) is 0 Å². The van der Waals surface area contributed by atoms with Crippen LogP contribution in [-0.4, -0.2) is 6.29 Å². The van der Waals surface area contributed by atoms with Crippen LogP contribution in [0.15, 0.2) is 36.0 Å². The second-order valence-electron chi connectivity index (χ2n) is 2.82. The predicted molar refractivity (Wildman–Crippen MR) is 47.9 cm³/mol. The quantitative estimate of drug-likeness (QED) is 0.632. The molecule has 60 valence electrons. The number of hydrogen-bond donors (Lipinski definition) is 1. The van der Waals surface area contributed by atoms with Crippen molar-refractivity contribution in [1.29, 1.82) is 0 Å². The molecule has 1 aliphatic rings. The molecule has 0 aliphatic carbocycles. The number of benzene rings is 1. The average Bonchev–Trinajstić information content (AvgIpc) is 2.17. The first-order chi connectivity index (χ1) is 5.90. The lowest BCUT2D eigenvalue weighted by molar-refractivity contribution is -0.105. The zero-order chi connectivity index (χ0) is 8.39. The third kappa shape index (κ3) is 1.11. The molecule has 0 saturated heterocycles. The number of para-hydroxylation sites is 1. The normalized spacial score (nSPS) is 14.2. The van der Waals surface area contributed by atoms with Crippen molar-refractivity contribution >= 4 is 12.0 Å². The predicted octanol–water partition coefficient (Wildman–Crippen LogP) is 1.74. The summed E-state index contributed by atoms with van der Waals surface area (Å²) in [6, 6.07) is 7.99. The number of fused-ring (bicyclic) bond motifs is 1. The first-order valence-corrected chi connectivity index (χ1v) is 3.89. The molecular weight excluding hydrogens is 150 g/mol. The monoisotopic (exact) mass is 159 g/mol. The summed E-state index contributed by atoms with van der Waals surface area (Å²) in [4.78, 5) is 10.5. The van der Waals surface area contributed by atoms with Crippen molar-refractivity contribution in [1.82, 2.24) is 0 Å². The van der Waals surface area contributed by atoms with E-state index >= 15 is 0 Å². The molecule has 12 heavy (non-hydrogen) atoms. The van der Waals surface area contributed by atoms with E-state index in [0.717, 1.165) is 24.0 Å². The van der Waals surface area contributed by atoms with Gasteiger partial charge in [-0.3, -0.25) is 4.79 Å². The Balaban J connectivity index is 2.36. The molecule has 0 saturated carbocycles. The molecule has 2 nitrogen and oxygen atoms in total. The van der Waals surface area contributed by atoms with E-state index in [9.17, 15) is 4.79 Å². The van der Waals surface area contributed by atoms with Gasteiger partial charge in [-0.05, 0) is 11.6 Å². The zero-order valence-corrected chi connectivity index (χ0v) is 6.58. The molecule has 2 rings (SSSR count). The summed E-state index contributed by atoms with van der Waals surface area (Å²) >= 11 is 0. The SMILES string of the molecule is O=CC1=CNc2ccccc2C1. The van der Waals surface area contributed by atoms with Gasteiger partial charge in [0, 0.05) is 23.9 Å². The molecule has 0 spiro atoms. The third-order valence-electron chi connectivity index (χ3n) is 1.98. The Labute approximate surface area is 70.9 Å². The molecule has 0 fully saturated rings. The van der Waals surface area contributed by atoms with Crippen molar-refractivity contribution in [3.8, 4) is 0 Å². The van der Waals surface area contributed by atoms with Gasteiger partial charge in [0.25, 0.3) is 0 Å². The maximum atomic E-state index is 10.5. The number of rotatable bonds is 1. The first-order valence-electron chi connectivity index (χ1n) is 3.89. The number of allylic oxidation sites excluding steroid dienone is 1. The van der Waals surface area contributed by atoms with Crippen molar-refractivity contribution in [2.75, 3.05) is 5.32 Å². The van der Waals surface area contributed by atoms with Crippen molar-refractivity contribution < 1.29 is 4.79 Å². The number of nitrogens with one attached hydrogen (secondary N) is 1. The fourth-order valence-corrected chi connectivity index (χ4v) is 1.33. The summed E-state index contributed by atoms with van der Waals surface area (Å²) < 4.78 is 0. The second kappa shape index (κ2) is 2.81. The second-order valence-corrected chi connectivity index (χ2v) is 2.82. The molecule has 0 aromatic heterocycles. The molecule has 0 amide bonds. The molecule has 1 heterocycles. The molecule has 0 atom stereocenters. The van der Waals surface area contributed by atoms with Crippen LogP contribution in [0.5, 0.6) is 0 Å². The summed E-state index contributed by atoms with van der Waals surface area (Å²) in [6.45, 7) is 0. The minimum atomic E-state index is 0.743. The average molecular weight is 159 g/mol. The molecule has 1 N–H and O–H groups in total. The van der Waals surface area contributed by atoms with Crippen LogP contribution in [-0.2, 0) is 11.2 Å². The Kier molecular flexibility index (Phi) is 1.67. The van der Waals surface area contributed by atoms with Crippen molar-refractivity contribution in [3.05, 3.63) is 41.6 Å². The highest BCUT2D eigenvalue weighted by Gasteiger charge is 2.07. The Morgan fingerprint density at radius 3 is 3.00 bits per heavy atom. The summed E-state index contributed by atoms with van der Waals surface area (Å²) in [5.41, 5.74) is 3.08. The lowest BCUT2D eigenvalue weighted by Crippen LogP contribution is -2.05. The van der Waals surface area contributed by atoms with E-state index in [4.69, 9.17) is 0 Å². The van der Waals surface area contributed by atoms with Crippen molar-refractivity contribution in [2.45, 2.75) is 6.42 Å². The van der Waals surface area contributed by atoms with E-state index in [0.29, 0.717) is 0 Å². The van der Waals surface area contributed by atoms with Gasteiger partial charge in [-0.1, -0.05) is 18.2 Å². The van der Waals surface area contributed by atoms with Crippen LogP contribution in [0.2, 0.25) is 0 Å². The molecule has 1 aromatic carbocycles. The third-order valence-corrected chi connectivity index (χ3v) is 1.98. The first kappa shape index (κ1) is 7.10. The molecule has 0 radical (unpaired) electrons. The number of carbonyl (C=O) groups excluding carboxylic acids is 1. The van der Waals surface area contributed by atoms with Crippen LogP contribution >= 0.6 is 0 Å². The Hall–Kier alpha value is -1.57. The fourth-order valence-electron chi connectivity index (χ4n) is 1.33. The van der Waals surface area contributed by atoms with E-state index < -0.39 is 0 Å². The van der Waals surface area contributed by atoms with Crippen LogP contribution in [0.3, 0.4) is 0 Å². The van der Waals surface area contributed by atoms with Gasteiger partial charge >= 0.3 is 0 Å². The Morgan fingerprint density at radius 1 is 1.33 bits per heavy atom. The molecular formula is C10H9NO. The fraction of sp³-hybridized carbons (Fsp3) is 0.100. The Morgan fingerprint density at radius 2 is 2.17 bits per heavy atom. The number of carbonyl (C=O) groups is 1. The highest BCUT2D eigenvalue weighted by atomic mass is 16.1. The molecule has 0 bridgehead atoms. The number of anilines is 1. The summed E-state index contributed by atoms with van der Waals surface area (Å²) in [6.07, 6.45) is 3.39. The van der Waals surface area contributed by atoms with Crippen LogP contribution in [0, 0.1) is 0 Å². The van der Waals surface area contributed by atoms with Gasteiger partial charge < -0.3 is 5.32 Å². The maximum absolute atomic E-state index is 10.5. The van der Waals surface area contributed by atoms with Gasteiger partial charge in [-0.25, -0.2) is 0 Å². The van der Waals surface area contributed by atoms with Crippen LogP contribution in [0.4, 0.5) is 5.69 Å². The molecule has 0 unspecified atom stereocenters. The lowest BCUT2D eigenvalue weighted by atomic mass is 10.0.